The summed E-state index contributed by atoms with van der Waals surface area (Å²) in [6, 6.07) is -0.876. The molecule has 1 aromatic rings. The number of hydrogen-bond acceptors (Lipinski definition) is 4. The molecule has 1 N–H and O–H groups in total. The standard InChI is InChI=1S/C11H16N2O4/c1-6(2)9(11(15)16)13(4)10(14)8-7(3)5-17-12-8/h5-6,9H,1-4H3,(H,15,16). The van der Waals surface area contributed by atoms with Gasteiger partial charge in [0.15, 0.2) is 5.69 Å². The molecule has 1 unspecified atom stereocenters. The molecule has 1 amide bonds. The molecule has 0 aliphatic carbocycles. The molecule has 0 bridgehead atoms. The van der Waals surface area contributed by atoms with Crippen LogP contribution in [0.25, 0.3) is 0 Å². The Bertz CT molecular complexity index is 425. The van der Waals surface area contributed by atoms with Gasteiger partial charge >= 0.3 is 5.97 Å². The van der Waals surface area contributed by atoms with Gasteiger partial charge in [0.05, 0.1) is 0 Å². The fourth-order valence-corrected chi connectivity index (χ4v) is 1.69. The second-order valence-electron chi connectivity index (χ2n) is 4.29. The third-order valence-electron chi connectivity index (χ3n) is 2.57. The maximum atomic E-state index is 12.0. The summed E-state index contributed by atoms with van der Waals surface area (Å²) in [6.45, 7) is 5.18. The monoisotopic (exact) mass is 240 g/mol. The number of carbonyl (C=O) groups excluding carboxylic acids is 1. The summed E-state index contributed by atoms with van der Waals surface area (Å²) in [4.78, 5) is 24.3. The van der Waals surface area contributed by atoms with E-state index < -0.39 is 17.9 Å². The van der Waals surface area contributed by atoms with Crippen molar-refractivity contribution in [3.05, 3.63) is 17.5 Å². The highest BCUT2D eigenvalue weighted by atomic mass is 16.5. The molecule has 1 heterocycles. The van der Waals surface area contributed by atoms with Gasteiger partial charge in [0.25, 0.3) is 5.91 Å². The molecule has 0 aliphatic heterocycles. The van der Waals surface area contributed by atoms with E-state index in [4.69, 9.17) is 5.11 Å². The van der Waals surface area contributed by atoms with Crippen LogP contribution in [-0.2, 0) is 4.79 Å². The second-order valence-corrected chi connectivity index (χ2v) is 4.29. The van der Waals surface area contributed by atoms with Crippen molar-refractivity contribution in [3.63, 3.8) is 0 Å². The van der Waals surface area contributed by atoms with Crippen LogP contribution in [0.5, 0.6) is 0 Å². The van der Waals surface area contributed by atoms with Crippen molar-refractivity contribution in [1.82, 2.24) is 10.1 Å². The van der Waals surface area contributed by atoms with Crippen molar-refractivity contribution in [2.24, 2.45) is 5.92 Å². The first-order valence-electron chi connectivity index (χ1n) is 5.27. The van der Waals surface area contributed by atoms with Gasteiger partial charge in [-0.3, -0.25) is 4.79 Å². The maximum absolute atomic E-state index is 12.0. The summed E-state index contributed by atoms with van der Waals surface area (Å²) >= 11 is 0. The van der Waals surface area contributed by atoms with Crippen molar-refractivity contribution in [1.29, 1.82) is 0 Å². The smallest absolute Gasteiger partial charge is 0.326 e. The number of aromatic nitrogens is 1. The molecule has 0 radical (unpaired) electrons. The first-order valence-corrected chi connectivity index (χ1v) is 5.27. The zero-order valence-electron chi connectivity index (χ0n) is 10.3. The van der Waals surface area contributed by atoms with Crippen LogP contribution in [0.3, 0.4) is 0 Å². The minimum absolute atomic E-state index is 0.152. The van der Waals surface area contributed by atoms with Gasteiger partial charge in [-0.1, -0.05) is 19.0 Å². The molecule has 94 valence electrons. The lowest BCUT2D eigenvalue weighted by molar-refractivity contribution is -0.143. The largest absolute Gasteiger partial charge is 0.480 e. The van der Waals surface area contributed by atoms with Crippen LogP contribution in [0, 0.1) is 12.8 Å². The SMILES string of the molecule is Cc1conc1C(=O)N(C)C(C(=O)O)C(C)C. The molecule has 1 rings (SSSR count). The number of rotatable bonds is 4. The van der Waals surface area contributed by atoms with E-state index in [2.05, 4.69) is 9.68 Å². The van der Waals surface area contributed by atoms with Crippen LogP contribution in [0.1, 0.15) is 29.9 Å². The molecule has 0 saturated heterocycles. The summed E-state index contributed by atoms with van der Waals surface area (Å²) in [5.41, 5.74) is 0.745. The molecule has 0 fully saturated rings. The number of carboxylic acids is 1. The van der Waals surface area contributed by atoms with E-state index in [0.29, 0.717) is 5.56 Å². The zero-order chi connectivity index (χ0) is 13.2. The lowest BCUT2D eigenvalue weighted by Crippen LogP contribution is -2.45. The summed E-state index contributed by atoms with van der Waals surface area (Å²) in [5.74, 6) is -1.66. The minimum atomic E-state index is -1.03. The highest BCUT2D eigenvalue weighted by Crippen LogP contribution is 2.14. The third-order valence-corrected chi connectivity index (χ3v) is 2.57. The van der Waals surface area contributed by atoms with Crippen molar-refractivity contribution in [2.75, 3.05) is 7.05 Å². The van der Waals surface area contributed by atoms with Gasteiger partial charge < -0.3 is 14.5 Å². The van der Waals surface area contributed by atoms with Gasteiger partial charge in [0.2, 0.25) is 0 Å². The molecular weight excluding hydrogens is 224 g/mol. The number of amides is 1. The van der Waals surface area contributed by atoms with Crippen LogP contribution >= 0.6 is 0 Å². The van der Waals surface area contributed by atoms with Gasteiger partial charge in [-0.2, -0.15) is 0 Å². The van der Waals surface area contributed by atoms with Crippen LogP contribution in [0.2, 0.25) is 0 Å². The lowest BCUT2D eigenvalue weighted by Gasteiger charge is -2.27. The average Bonchev–Trinajstić information content (AvgIpc) is 2.62. The highest BCUT2D eigenvalue weighted by Gasteiger charge is 2.31. The number of likely N-dealkylation sites (N-methyl/N-ethyl adjacent to an activating group) is 1. The number of aryl methyl sites for hydroxylation is 1. The van der Waals surface area contributed by atoms with Crippen molar-refractivity contribution >= 4 is 11.9 Å². The Morgan fingerprint density at radius 3 is 2.41 bits per heavy atom. The van der Waals surface area contributed by atoms with Crippen LogP contribution in [-0.4, -0.2) is 40.1 Å². The van der Waals surface area contributed by atoms with Crippen molar-refractivity contribution in [2.45, 2.75) is 26.8 Å². The number of carbonyl (C=O) groups is 2. The summed E-state index contributed by atoms with van der Waals surface area (Å²) in [5, 5.41) is 12.7. The summed E-state index contributed by atoms with van der Waals surface area (Å²) < 4.78 is 4.67. The normalized spacial score (nSPS) is 12.5. The Balaban J connectivity index is 2.96. The van der Waals surface area contributed by atoms with Crippen LogP contribution in [0.15, 0.2) is 10.8 Å². The Labute approximate surface area is 99.2 Å². The molecule has 0 aromatic carbocycles. The Hall–Kier alpha value is -1.85. The molecular formula is C11H16N2O4. The molecule has 6 nitrogen and oxygen atoms in total. The molecule has 17 heavy (non-hydrogen) atoms. The number of nitrogens with zero attached hydrogens (tertiary/aromatic N) is 2. The van der Waals surface area contributed by atoms with E-state index in [1.807, 2.05) is 0 Å². The summed E-state index contributed by atoms with van der Waals surface area (Å²) in [6.07, 6.45) is 1.35. The third kappa shape index (κ3) is 2.64. The molecule has 1 aromatic heterocycles. The van der Waals surface area contributed by atoms with E-state index in [9.17, 15) is 9.59 Å². The molecule has 0 aliphatic rings. The minimum Gasteiger partial charge on any atom is -0.480 e. The average molecular weight is 240 g/mol. The zero-order valence-corrected chi connectivity index (χ0v) is 10.3. The predicted octanol–water partition coefficient (Wildman–Crippen LogP) is 1.16. The molecule has 6 heteroatoms. The first kappa shape index (κ1) is 13.2. The van der Waals surface area contributed by atoms with Gasteiger partial charge in [-0.05, 0) is 12.8 Å². The van der Waals surface area contributed by atoms with E-state index in [-0.39, 0.29) is 11.6 Å². The highest BCUT2D eigenvalue weighted by molar-refractivity contribution is 5.95. The topological polar surface area (TPSA) is 83.6 Å². The first-order chi connectivity index (χ1) is 7.86. The van der Waals surface area contributed by atoms with Crippen LogP contribution < -0.4 is 0 Å². The number of hydrogen-bond donors (Lipinski definition) is 1. The molecule has 1 atom stereocenters. The van der Waals surface area contributed by atoms with E-state index in [1.54, 1.807) is 20.8 Å². The Kier molecular flexibility index (Phi) is 3.88. The van der Waals surface area contributed by atoms with Crippen molar-refractivity contribution in [3.8, 4) is 0 Å². The van der Waals surface area contributed by atoms with Gasteiger partial charge in [0, 0.05) is 12.6 Å². The van der Waals surface area contributed by atoms with E-state index in [0.717, 1.165) is 0 Å². The Morgan fingerprint density at radius 2 is 2.06 bits per heavy atom. The van der Waals surface area contributed by atoms with Gasteiger partial charge in [-0.15, -0.1) is 0 Å². The number of carboxylic acid groups (broad SMARTS) is 1. The molecule has 0 saturated carbocycles. The Morgan fingerprint density at radius 1 is 1.47 bits per heavy atom. The van der Waals surface area contributed by atoms with E-state index in [1.165, 1.54) is 18.2 Å². The predicted molar refractivity (Wildman–Crippen MR) is 59.6 cm³/mol. The van der Waals surface area contributed by atoms with Gasteiger partial charge in [-0.25, -0.2) is 4.79 Å². The van der Waals surface area contributed by atoms with Gasteiger partial charge in [0.1, 0.15) is 12.3 Å². The second kappa shape index (κ2) is 4.99. The van der Waals surface area contributed by atoms with Crippen LogP contribution in [0.4, 0.5) is 0 Å². The quantitative estimate of drug-likeness (QED) is 0.853. The molecule has 0 spiro atoms. The lowest BCUT2D eigenvalue weighted by atomic mass is 10.0. The van der Waals surface area contributed by atoms with E-state index >= 15 is 0 Å². The fourth-order valence-electron chi connectivity index (χ4n) is 1.69. The summed E-state index contributed by atoms with van der Waals surface area (Å²) in [7, 11) is 1.45. The van der Waals surface area contributed by atoms with Crippen molar-refractivity contribution < 1.29 is 19.2 Å². The fraction of sp³-hybridized carbons (Fsp3) is 0.545. The maximum Gasteiger partial charge on any atom is 0.326 e. The number of aliphatic carboxylic acids is 1.